The highest BCUT2D eigenvalue weighted by atomic mass is 16.6. The van der Waals surface area contributed by atoms with Crippen molar-refractivity contribution in [3.63, 3.8) is 0 Å². The van der Waals surface area contributed by atoms with Crippen molar-refractivity contribution in [2.75, 3.05) is 4.90 Å². The molecule has 0 N–H and O–H groups in total. The van der Waals surface area contributed by atoms with Crippen LogP contribution in [0.3, 0.4) is 0 Å². The van der Waals surface area contributed by atoms with Crippen molar-refractivity contribution in [1.82, 2.24) is 0 Å². The van der Waals surface area contributed by atoms with Gasteiger partial charge in [0.15, 0.2) is 0 Å². The number of carbonyl (C=O) groups excluding carboxylic acids is 2. The van der Waals surface area contributed by atoms with Crippen LogP contribution < -0.4 is 4.90 Å². The summed E-state index contributed by atoms with van der Waals surface area (Å²) in [7, 11) is 0. The number of carbonyl (C=O) groups is 2. The number of nitro groups is 1. The summed E-state index contributed by atoms with van der Waals surface area (Å²) in [5, 5.41) is 12.1. The molecule has 4 rings (SSSR count). The van der Waals surface area contributed by atoms with Crippen molar-refractivity contribution in [3.8, 4) is 0 Å². The second-order valence-electron chi connectivity index (χ2n) is 5.44. The largest absolute Gasteiger partial charge is 0.270 e. The molecule has 6 nitrogen and oxygen atoms in total. The Balaban J connectivity index is 2.03. The number of imide groups is 1. The molecule has 3 aromatic rings. The molecule has 116 valence electrons. The molecular formula is C18H10N2O4. The van der Waals surface area contributed by atoms with Crippen molar-refractivity contribution < 1.29 is 14.5 Å². The summed E-state index contributed by atoms with van der Waals surface area (Å²) in [4.78, 5) is 37.3. The third-order valence-corrected chi connectivity index (χ3v) is 4.05. The van der Waals surface area contributed by atoms with Crippen LogP contribution in [0.15, 0.2) is 60.7 Å². The summed E-state index contributed by atoms with van der Waals surface area (Å²) in [6, 6.07) is 16.1. The van der Waals surface area contributed by atoms with Gasteiger partial charge >= 0.3 is 0 Å². The molecule has 0 radical (unpaired) electrons. The predicted octanol–water partition coefficient (Wildman–Crippen LogP) is 3.55. The van der Waals surface area contributed by atoms with Gasteiger partial charge in [0.25, 0.3) is 17.5 Å². The number of nitro benzene ring substituents is 1. The predicted molar refractivity (Wildman–Crippen MR) is 88.2 cm³/mol. The van der Waals surface area contributed by atoms with Gasteiger partial charge in [0, 0.05) is 23.1 Å². The lowest BCUT2D eigenvalue weighted by atomic mass is 9.93. The smallest absolute Gasteiger partial charge is 0.268 e. The highest BCUT2D eigenvalue weighted by molar-refractivity contribution is 6.36. The molecule has 3 aromatic carbocycles. The molecule has 2 amide bonds. The number of para-hydroxylation sites is 1. The SMILES string of the molecule is O=C1c2cccc3cc([N+](=O)[O-])cc(c23)C(=O)N1c1ccccc1. The van der Waals surface area contributed by atoms with E-state index >= 15 is 0 Å². The molecule has 1 aliphatic heterocycles. The summed E-state index contributed by atoms with van der Waals surface area (Å²) in [6.45, 7) is 0. The second kappa shape index (κ2) is 4.99. The second-order valence-corrected chi connectivity index (χ2v) is 5.44. The first kappa shape index (κ1) is 14.1. The molecule has 0 fully saturated rings. The fourth-order valence-corrected chi connectivity index (χ4v) is 3.01. The van der Waals surface area contributed by atoms with Crippen molar-refractivity contribution in [2.45, 2.75) is 0 Å². The van der Waals surface area contributed by atoms with E-state index in [1.165, 1.54) is 12.1 Å². The summed E-state index contributed by atoms with van der Waals surface area (Å²) in [6.07, 6.45) is 0. The number of nitrogens with zero attached hydrogens (tertiary/aromatic N) is 2. The monoisotopic (exact) mass is 318 g/mol. The number of rotatable bonds is 2. The number of non-ortho nitro benzene ring substituents is 1. The highest BCUT2D eigenvalue weighted by Gasteiger charge is 2.35. The van der Waals surface area contributed by atoms with Crippen LogP contribution >= 0.6 is 0 Å². The van der Waals surface area contributed by atoms with Gasteiger partial charge in [-0.15, -0.1) is 0 Å². The zero-order chi connectivity index (χ0) is 16.8. The lowest BCUT2D eigenvalue weighted by Crippen LogP contribution is -2.40. The maximum absolute atomic E-state index is 12.9. The van der Waals surface area contributed by atoms with Crippen LogP contribution in [0.5, 0.6) is 0 Å². The summed E-state index contributed by atoms with van der Waals surface area (Å²) < 4.78 is 0. The Morgan fingerprint density at radius 3 is 2.25 bits per heavy atom. The molecule has 1 heterocycles. The number of hydrogen-bond acceptors (Lipinski definition) is 4. The van der Waals surface area contributed by atoms with E-state index in [0.717, 1.165) is 4.90 Å². The van der Waals surface area contributed by atoms with Crippen molar-refractivity contribution in [1.29, 1.82) is 0 Å². The molecule has 0 saturated carbocycles. The third kappa shape index (κ3) is 1.90. The van der Waals surface area contributed by atoms with Gasteiger partial charge in [-0.2, -0.15) is 0 Å². The number of anilines is 1. The fourth-order valence-electron chi connectivity index (χ4n) is 3.01. The quantitative estimate of drug-likeness (QED) is 0.411. The van der Waals surface area contributed by atoms with Crippen LogP contribution in [0, 0.1) is 10.1 Å². The molecule has 0 saturated heterocycles. The Hall–Kier alpha value is -3.54. The molecule has 0 spiro atoms. The van der Waals surface area contributed by atoms with Gasteiger partial charge < -0.3 is 0 Å². The topological polar surface area (TPSA) is 80.5 Å². The zero-order valence-electron chi connectivity index (χ0n) is 12.3. The molecule has 0 atom stereocenters. The molecule has 6 heteroatoms. The Kier molecular flexibility index (Phi) is 2.93. The van der Waals surface area contributed by atoms with Gasteiger partial charge in [-0.3, -0.25) is 19.7 Å². The first-order valence-electron chi connectivity index (χ1n) is 7.23. The average molecular weight is 318 g/mol. The maximum atomic E-state index is 12.9. The van der Waals surface area contributed by atoms with Crippen LogP contribution in [0.25, 0.3) is 10.8 Å². The number of hydrogen-bond donors (Lipinski definition) is 0. The van der Waals surface area contributed by atoms with Crippen molar-refractivity contribution >= 4 is 34.0 Å². The average Bonchev–Trinajstić information content (AvgIpc) is 2.60. The van der Waals surface area contributed by atoms with E-state index < -0.39 is 16.7 Å². The van der Waals surface area contributed by atoms with Crippen LogP contribution in [0.4, 0.5) is 11.4 Å². The van der Waals surface area contributed by atoms with Gasteiger partial charge in [0.1, 0.15) is 0 Å². The molecule has 0 bridgehead atoms. The molecule has 24 heavy (non-hydrogen) atoms. The van der Waals surface area contributed by atoms with Crippen LogP contribution in [-0.2, 0) is 0 Å². The third-order valence-electron chi connectivity index (χ3n) is 4.05. The molecule has 0 aliphatic carbocycles. The minimum atomic E-state index is -0.557. The maximum Gasteiger partial charge on any atom is 0.270 e. The first-order valence-corrected chi connectivity index (χ1v) is 7.23. The van der Waals surface area contributed by atoms with Crippen molar-refractivity contribution in [2.24, 2.45) is 0 Å². The Bertz CT molecular complexity index is 1030. The lowest BCUT2D eigenvalue weighted by Gasteiger charge is -2.27. The minimum Gasteiger partial charge on any atom is -0.268 e. The van der Waals surface area contributed by atoms with E-state index in [9.17, 15) is 19.7 Å². The Morgan fingerprint density at radius 2 is 1.54 bits per heavy atom. The zero-order valence-corrected chi connectivity index (χ0v) is 12.3. The molecular weight excluding hydrogens is 308 g/mol. The normalized spacial score (nSPS) is 13.4. The van der Waals surface area contributed by atoms with Gasteiger partial charge in [0.2, 0.25) is 0 Å². The van der Waals surface area contributed by atoms with Gasteiger partial charge in [0.05, 0.1) is 16.2 Å². The Labute approximate surface area is 136 Å². The van der Waals surface area contributed by atoms with Crippen LogP contribution in [-0.4, -0.2) is 16.7 Å². The summed E-state index contributed by atoms with van der Waals surface area (Å²) >= 11 is 0. The van der Waals surface area contributed by atoms with Gasteiger partial charge in [-0.1, -0.05) is 30.3 Å². The molecule has 0 aromatic heterocycles. The molecule has 0 unspecified atom stereocenters. The number of benzene rings is 3. The first-order chi connectivity index (χ1) is 11.6. The van der Waals surface area contributed by atoms with E-state index in [2.05, 4.69) is 0 Å². The minimum absolute atomic E-state index is 0.165. The standard InChI is InChI=1S/C18H10N2O4/c21-17-14-8-4-5-11-9-13(20(23)24)10-15(16(11)14)18(22)19(17)12-6-2-1-3-7-12/h1-10H. The van der Waals surface area contributed by atoms with E-state index in [4.69, 9.17) is 0 Å². The van der Waals surface area contributed by atoms with Gasteiger partial charge in [-0.05, 0) is 23.6 Å². The van der Waals surface area contributed by atoms with E-state index in [1.54, 1.807) is 48.5 Å². The van der Waals surface area contributed by atoms with Crippen molar-refractivity contribution in [3.05, 3.63) is 81.9 Å². The summed E-state index contributed by atoms with van der Waals surface area (Å²) in [5.41, 5.74) is 0.783. The lowest BCUT2D eigenvalue weighted by molar-refractivity contribution is -0.384. The molecule has 1 aliphatic rings. The number of amides is 2. The summed E-state index contributed by atoms with van der Waals surface area (Å²) in [5.74, 6) is -0.989. The van der Waals surface area contributed by atoms with Gasteiger partial charge in [-0.25, -0.2) is 4.90 Å². The van der Waals surface area contributed by atoms with Crippen LogP contribution in [0.2, 0.25) is 0 Å². The highest BCUT2D eigenvalue weighted by Crippen LogP contribution is 2.35. The van der Waals surface area contributed by atoms with E-state index in [0.29, 0.717) is 22.0 Å². The Morgan fingerprint density at radius 1 is 0.833 bits per heavy atom. The van der Waals surface area contributed by atoms with Crippen LogP contribution in [0.1, 0.15) is 20.7 Å². The van der Waals surface area contributed by atoms with E-state index in [1.807, 2.05) is 0 Å². The van der Waals surface area contributed by atoms with E-state index in [-0.39, 0.29) is 11.3 Å². The fraction of sp³-hybridized carbons (Fsp3) is 0.